The van der Waals surface area contributed by atoms with E-state index in [1.54, 1.807) is 36.4 Å². The molecule has 0 spiro atoms. The van der Waals surface area contributed by atoms with Crippen molar-refractivity contribution >= 4 is 44.1 Å². The number of hydrogen-bond acceptors (Lipinski definition) is 7. The summed E-state index contributed by atoms with van der Waals surface area (Å²) < 4.78 is 6.05. The lowest BCUT2D eigenvalue weighted by Crippen LogP contribution is -2.29. The number of thiazole rings is 1. The Kier molecular flexibility index (Phi) is 5.30. The van der Waals surface area contributed by atoms with Crippen molar-refractivity contribution in [2.75, 3.05) is 12.0 Å². The molecular formula is C26H20N2O5S. The topological polar surface area (TPSA) is 100.0 Å². The van der Waals surface area contributed by atoms with E-state index in [0.717, 1.165) is 10.3 Å². The van der Waals surface area contributed by atoms with Gasteiger partial charge in [0, 0.05) is 5.56 Å². The minimum atomic E-state index is -0.913. The van der Waals surface area contributed by atoms with E-state index in [1.807, 2.05) is 25.1 Å². The molecule has 8 heteroatoms. The van der Waals surface area contributed by atoms with Gasteiger partial charge in [-0.2, -0.15) is 0 Å². The highest BCUT2D eigenvalue weighted by molar-refractivity contribution is 7.22. The van der Waals surface area contributed by atoms with Crippen LogP contribution in [0.5, 0.6) is 11.5 Å². The normalized spacial score (nSPS) is 17.5. The number of benzene rings is 3. The summed E-state index contributed by atoms with van der Waals surface area (Å²) in [5.74, 6) is -1.23. The number of hydrogen-bond donors (Lipinski definition) is 2. The lowest BCUT2D eigenvalue weighted by atomic mass is 9.95. The van der Waals surface area contributed by atoms with Gasteiger partial charge in [-0.15, -0.1) is 0 Å². The van der Waals surface area contributed by atoms with Crippen molar-refractivity contribution in [2.24, 2.45) is 0 Å². The summed E-state index contributed by atoms with van der Waals surface area (Å²) in [6, 6.07) is 17.6. The average Bonchev–Trinajstić information content (AvgIpc) is 3.37. The number of amides is 1. The first kappa shape index (κ1) is 21.7. The average molecular weight is 473 g/mol. The van der Waals surface area contributed by atoms with Gasteiger partial charge in [0.25, 0.3) is 5.78 Å². The zero-order valence-corrected chi connectivity index (χ0v) is 19.2. The number of aliphatic hydroxyl groups is 1. The maximum atomic E-state index is 13.3. The van der Waals surface area contributed by atoms with Gasteiger partial charge in [0.1, 0.15) is 17.3 Å². The molecule has 0 bridgehead atoms. The van der Waals surface area contributed by atoms with Crippen LogP contribution in [0.2, 0.25) is 0 Å². The molecule has 3 aromatic carbocycles. The van der Waals surface area contributed by atoms with Crippen LogP contribution in [0.25, 0.3) is 16.0 Å². The Morgan fingerprint density at radius 2 is 1.74 bits per heavy atom. The molecule has 1 fully saturated rings. The molecule has 2 N–H and O–H groups in total. The maximum absolute atomic E-state index is 13.3. The molecule has 1 aliphatic heterocycles. The molecule has 1 atom stereocenters. The maximum Gasteiger partial charge on any atom is 0.301 e. The molecule has 5 rings (SSSR count). The van der Waals surface area contributed by atoms with Crippen LogP contribution in [0.3, 0.4) is 0 Å². The standard InChI is InChI=1S/C26H20N2O5S/c1-14-3-12-19-20(13-14)34-26(27-19)28-22(15-4-8-17(29)9-5-15)21(24(31)25(28)32)23(30)16-6-10-18(33-2)11-7-16/h3-13,22,29-30H,1-2H3. The van der Waals surface area contributed by atoms with Gasteiger partial charge in [0.2, 0.25) is 0 Å². The first-order valence-corrected chi connectivity index (χ1v) is 11.3. The second-order valence-corrected chi connectivity index (χ2v) is 8.97. The van der Waals surface area contributed by atoms with Crippen LogP contribution < -0.4 is 9.64 Å². The molecule has 4 aromatic rings. The zero-order valence-electron chi connectivity index (χ0n) is 18.4. The number of aryl methyl sites for hydroxylation is 1. The molecule has 2 heterocycles. The van der Waals surface area contributed by atoms with Gasteiger partial charge in [-0.05, 0) is 66.6 Å². The number of ether oxygens (including phenoxy) is 1. The summed E-state index contributed by atoms with van der Waals surface area (Å²) in [5.41, 5.74) is 2.66. The molecule has 1 aliphatic rings. The summed E-state index contributed by atoms with van der Waals surface area (Å²) in [6.07, 6.45) is 0. The number of rotatable bonds is 4. The van der Waals surface area contributed by atoms with Gasteiger partial charge < -0.3 is 14.9 Å². The predicted molar refractivity (Wildman–Crippen MR) is 130 cm³/mol. The molecule has 7 nitrogen and oxygen atoms in total. The van der Waals surface area contributed by atoms with Crippen LogP contribution in [-0.2, 0) is 9.59 Å². The number of Topliss-reactive ketones (excluding diaryl/α,β-unsaturated/α-hetero) is 1. The number of carbonyl (C=O) groups excluding carboxylic acids is 2. The van der Waals surface area contributed by atoms with Crippen molar-refractivity contribution in [1.29, 1.82) is 0 Å². The summed E-state index contributed by atoms with van der Waals surface area (Å²) in [7, 11) is 1.53. The SMILES string of the molecule is COc1ccc(C(O)=C2C(=O)C(=O)N(c3nc4ccc(C)cc4s3)C2c2ccc(O)cc2)cc1. The molecule has 34 heavy (non-hydrogen) atoms. The molecule has 0 radical (unpaired) electrons. The quantitative estimate of drug-likeness (QED) is 0.248. The first-order valence-electron chi connectivity index (χ1n) is 10.5. The fraction of sp³-hybridized carbons (Fsp3) is 0.115. The molecule has 1 unspecified atom stereocenters. The summed E-state index contributed by atoms with van der Waals surface area (Å²) in [6.45, 7) is 1.97. The molecular weight excluding hydrogens is 452 g/mol. The highest BCUT2D eigenvalue weighted by Gasteiger charge is 2.48. The lowest BCUT2D eigenvalue weighted by molar-refractivity contribution is -0.132. The van der Waals surface area contributed by atoms with Crippen molar-refractivity contribution in [3.05, 3.63) is 89.0 Å². The highest BCUT2D eigenvalue weighted by Crippen LogP contribution is 2.44. The van der Waals surface area contributed by atoms with Crippen LogP contribution in [-0.4, -0.2) is 34.0 Å². The highest BCUT2D eigenvalue weighted by atomic mass is 32.1. The second kappa shape index (κ2) is 8.31. The molecule has 1 amide bonds. The van der Waals surface area contributed by atoms with Crippen molar-refractivity contribution in [1.82, 2.24) is 4.98 Å². The van der Waals surface area contributed by atoms with Gasteiger partial charge in [-0.3, -0.25) is 14.5 Å². The number of fused-ring (bicyclic) bond motifs is 1. The molecule has 170 valence electrons. The van der Waals surface area contributed by atoms with E-state index in [4.69, 9.17) is 4.74 Å². The number of nitrogens with zero attached hydrogens (tertiary/aromatic N) is 2. The number of aromatic nitrogens is 1. The summed E-state index contributed by atoms with van der Waals surface area (Å²) >= 11 is 1.30. The van der Waals surface area contributed by atoms with Crippen LogP contribution in [0, 0.1) is 6.92 Å². The Hall–Kier alpha value is -4.17. The van der Waals surface area contributed by atoms with E-state index in [9.17, 15) is 19.8 Å². The Labute approximate surface area is 199 Å². The van der Waals surface area contributed by atoms with Gasteiger partial charge in [0.05, 0.1) is 28.9 Å². The fourth-order valence-electron chi connectivity index (χ4n) is 4.03. The number of aromatic hydroxyl groups is 1. The molecule has 1 saturated heterocycles. The van der Waals surface area contributed by atoms with E-state index in [2.05, 4.69) is 4.98 Å². The zero-order chi connectivity index (χ0) is 24.0. The minimum Gasteiger partial charge on any atom is -0.508 e. The lowest BCUT2D eigenvalue weighted by Gasteiger charge is -2.23. The van der Waals surface area contributed by atoms with Gasteiger partial charge in [-0.1, -0.05) is 29.5 Å². The van der Waals surface area contributed by atoms with Crippen molar-refractivity contribution in [3.8, 4) is 11.5 Å². The van der Waals surface area contributed by atoms with E-state index >= 15 is 0 Å². The number of carbonyl (C=O) groups is 2. The monoisotopic (exact) mass is 472 g/mol. The Morgan fingerprint density at radius 3 is 2.41 bits per heavy atom. The van der Waals surface area contributed by atoms with E-state index in [0.29, 0.717) is 27.5 Å². The number of ketones is 1. The van der Waals surface area contributed by atoms with Crippen LogP contribution in [0.4, 0.5) is 5.13 Å². The number of phenols is 1. The Bertz CT molecular complexity index is 1460. The van der Waals surface area contributed by atoms with Crippen LogP contribution in [0.1, 0.15) is 22.7 Å². The van der Waals surface area contributed by atoms with Crippen molar-refractivity contribution < 1.29 is 24.5 Å². The third-order valence-electron chi connectivity index (χ3n) is 5.76. The van der Waals surface area contributed by atoms with Crippen LogP contribution in [0.15, 0.2) is 72.3 Å². The molecule has 1 aromatic heterocycles. The number of phenolic OH excluding ortho intramolecular Hbond substituents is 1. The van der Waals surface area contributed by atoms with E-state index in [-0.39, 0.29) is 17.1 Å². The van der Waals surface area contributed by atoms with Gasteiger partial charge in [-0.25, -0.2) is 4.98 Å². The van der Waals surface area contributed by atoms with Gasteiger partial charge >= 0.3 is 5.91 Å². The molecule has 0 saturated carbocycles. The second-order valence-electron chi connectivity index (χ2n) is 7.96. The van der Waals surface area contributed by atoms with Crippen LogP contribution >= 0.6 is 11.3 Å². The molecule has 0 aliphatic carbocycles. The number of methoxy groups -OCH3 is 1. The third-order valence-corrected chi connectivity index (χ3v) is 6.77. The third kappa shape index (κ3) is 3.58. The number of aliphatic hydroxyl groups excluding tert-OH is 1. The van der Waals surface area contributed by atoms with Crippen molar-refractivity contribution in [2.45, 2.75) is 13.0 Å². The Balaban J connectivity index is 1.71. The Morgan fingerprint density at radius 1 is 1.03 bits per heavy atom. The fourth-order valence-corrected chi connectivity index (χ4v) is 5.12. The van der Waals surface area contributed by atoms with Gasteiger partial charge in [0.15, 0.2) is 5.13 Å². The van der Waals surface area contributed by atoms with E-state index < -0.39 is 17.7 Å². The number of anilines is 1. The first-order chi connectivity index (χ1) is 16.4. The minimum absolute atomic E-state index is 0.0451. The predicted octanol–water partition coefficient (Wildman–Crippen LogP) is 4.95. The van der Waals surface area contributed by atoms with Crippen molar-refractivity contribution in [3.63, 3.8) is 0 Å². The summed E-state index contributed by atoms with van der Waals surface area (Å²) in [5, 5.41) is 21.3. The largest absolute Gasteiger partial charge is 0.508 e. The smallest absolute Gasteiger partial charge is 0.301 e. The summed E-state index contributed by atoms with van der Waals surface area (Å²) in [4.78, 5) is 32.4. The van der Waals surface area contributed by atoms with E-state index in [1.165, 1.54) is 35.5 Å².